The van der Waals surface area contributed by atoms with E-state index in [9.17, 15) is 9.90 Å². The monoisotopic (exact) mass is 505 g/mol. The minimum atomic E-state index is -1.00. The highest BCUT2D eigenvalue weighted by molar-refractivity contribution is 5.91. The van der Waals surface area contributed by atoms with Gasteiger partial charge in [0.15, 0.2) is 0 Å². The van der Waals surface area contributed by atoms with Crippen molar-refractivity contribution in [2.45, 2.75) is 49.3 Å². The lowest BCUT2D eigenvalue weighted by molar-refractivity contribution is -0.0521. The van der Waals surface area contributed by atoms with Crippen LogP contribution in [0.3, 0.4) is 0 Å². The predicted octanol–water partition coefficient (Wildman–Crippen LogP) is 6.61. The molecule has 0 spiro atoms. The molecule has 1 amide bonds. The van der Waals surface area contributed by atoms with Crippen LogP contribution in [-0.2, 0) is 10.3 Å². The molecule has 2 aliphatic heterocycles. The fraction of sp³-hybridized carbons (Fsp3) is 0.303. The summed E-state index contributed by atoms with van der Waals surface area (Å²) < 4.78 is 11.6. The number of piperidine rings is 1. The maximum atomic E-state index is 13.5. The van der Waals surface area contributed by atoms with Crippen molar-refractivity contribution in [2.75, 3.05) is 13.7 Å². The van der Waals surface area contributed by atoms with Crippen LogP contribution in [0.15, 0.2) is 84.9 Å². The number of amides is 1. The summed E-state index contributed by atoms with van der Waals surface area (Å²) in [6.07, 6.45) is 2.51. The van der Waals surface area contributed by atoms with Crippen LogP contribution in [0.1, 0.15) is 48.3 Å². The summed E-state index contributed by atoms with van der Waals surface area (Å²) in [6, 6.07) is 28.7. The Kier molecular flexibility index (Phi) is 5.45. The van der Waals surface area contributed by atoms with Crippen LogP contribution in [0.4, 0.5) is 4.79 Å². The summed E-state index contributed by atoms with van der Waals surface area (Å²) in [5, 5.41) is 14.0. The zero-order valence-corrected chi connectivity index (χ0v) is 21.5. The lowest BCUT2D eigenvalue weighted by Crippen LogP contribution is -2.52. The zero-order chi connectivity index (χ0) is 25.9. The molecule has 1 aliphatic carbocycles. The first-order chi connectivity index (χ1) is 18.6. The molecule has 2 heterocycles. The van der Waals surface area contributed by atoms with Crippen LogP contribution >= 0.6 is 0 Å². The smallest absolute Gasteiger partial charge is 0.410 e. The third kappa shape index (κ3) is 3.52. The van der Waals surface area contributed by atoms with Gasteiger partial charge in [-0.15, -0.1) is 0 Å². The molecule has 0 saturated carbocycles. The van der Waals surface area contributed by atoms with Crippen molar-refractivity contribution in [3.05, 3.63) is 102 Å². The molecule has 2 unspecified atom stereocenters. The molecule has 4 aromatic carbocycles. The van der Waals surface area contributed by atoms with E-state index in [1.165, 1.54) is 22.3 Å². The summed E-state index contributed by atoms with van der Waals surface area (Å²) in [6.45, 7) is 0.316. The van der Waals surface area contributed by atoms with E-state index in [1.54, 1.807) is 7.11 Å². The molecule has 7 rings (SSSR count). The van der Waals surface area contributed by atoms with E-state index in [0.29, 0.717) is 19.4 Å². The van der Waals surface area contributed by atoms with E-state index in [-0.39, 0.29) is 24.1 Å². The van der Waals surface area contributed by atoms with Gasteiger partial charge in [-0.1, -0.05) is 78.9 Å². The predicted molar refractivity (Wildman–Crippen MR) is 147 cm³/mol. The first kappa shape index (κ1) is 23.3. The molecule has 1 N–H and O–H groups in total. The van der Waals surface area contributed by atoms with E-state index < -0.39 is 5.60 Å². The molecule has 192 valence electrons. The molecule has 5 nitrogen and oxygen atoms in total. The summed E-state index contributed by atoms with van der Waals surface area (Å²) in [5.41, 5.74) is 4.78. The quantitative estimate of drug-likeness (QED) is 0.339. The topological polar surface area (TPSA) is 59.0 Å². The van der Waals surface area contributed by atoms with Gasteiger partial charge in [0.2, 0.25) is 0 Å². The normalized spacial score (nSPS) is 23.8. The number of hydrogen-bond acceptors (Lipinski definition) is 4. The van der Waals surface area contributed by atoms with Crippen molar-refractivity contribution in [3.8, 4) is 16.9 Å². The first-order valence-electron chi connectivity index (χ1n) is 13.5. The SMILES string of the molecule is COc1ccc(C2(O)CC3CCC(C2)N3C(=O)OCC2c3ccccc3-c3ccccc32)c2ccccc12. The summed E-state index contributed by atoms with van der Waals surface area (Å²) in [4.78, 5) is 15.4. The van der Waals surface area contributed by atoms with Crippen LogP contribution in [0.25, 0.3) is 21.9 Å². The highest BCUT2D eigenvalue weighted by Crippen LogP contribution is 2.49. The molecular weight excluding hydrogens is 474 g/mol. The number of fused-ring (bicyclic) bond motifs is 6. The summed E-state index contributed by atoms with van der Waals surface area (Å²) in [7, 11) is 1.67. The molecule has 0 aromatic heterocycles. The minimum Gasteiger partial charge on any atom is -0.496 e. The molecule has 2 bridgehead atoms. The maximum Gasteiger partial charge on any atom is 0.410 e. The number of aliphatic hydroxyl groups is 1. The van der Waals surface area contributed by atoms with Gasteiger partial charge in [-0.3, -0.25) is 0 Å². The van der Waals surface area contributed by atoms with Gasteiger partial charge in [-0.25, -0.2) is 4.79 Å². The van der Waals surface area contributed by atoms with E-state index in [2.05, 4.69) is 36.4 Å². The van der Waals surface area contributed by atoms with Crippen molar-refractivity contribution < 1.29 is 19.4 Å². The Morgan fingerprint density at radius 2 is 1.42 bits per heavy atom. The van der Waals surface area contributed by atoms with E-state index in [4.69, 9.17) is 9.47 Å². The van der Waals surface area contributed by atoms with Crippen molar-refractivity contribution in [1.29, 1.82) is 0 Å². The number of methoxy groups -OCH3 is 1. The van der Waals surface area contributed by atoms with Gasteiger partial charge >= 0.3 is 6.09 Å². The summed E-state index contributed by atoms with van der Waals surface area (Å²) in [5.74, 6) is 0.836. The average molecular weight is 506 g/mol. The molecule has 2 atom stereocenters. The Morgan fingerprint density at radius 3 is 2.05 bits per heavy atom. The Morgan fingerprint density at radius 1 is 0.842 bits per heavy atom. The number of benzene rings is 4. The van der Waals surface area contributed by atoms with Crippen molar-refractivity contribution in [3.63, 3.8) is 0 Å². The van der Waals surface area contributed by atoms with Gasteiger partial charge in [0.1, 0.15) is 12.4 Å². The highest BCUT2D eigenvalue weighted by Gasteiger charge is 2.51. The summed E-state index contributed by atoms with van der Waals surface area (Å²) >= 11 is 0. The third-order valence-corrected chi connectivity index (χ3v) is 8.92. The zero-order valence-electron chi connectivity index (χ0n) is 21.5. The van der Waals surface area contributed by atoms with Crippen molar-refractivity contribution in [1.82, 2.24) is 4.90 Å². The second-order valence-electron chi connectivity index (χ2n) is 10.9. The maximum absolute atomic E-state index is 13.5. The molecule has 2 saturated heterocycles. The Bertz CT molecular complexity index is 1490. The van der Waals surface area contributed by atoms with E-state index >= 15 is 0 Å². The van der Waals surface area contributed by atoms with Crippen LogP contribution < -0.4 is 4.74 Å². The first-order valence-corrected chi connectivity index (χ1v) is 13.5. The largest absolute Gasteiger partial charge is 0.496 e. The van der Waals surface area contributed by atoms with Gasteiger partial charge in [0.25, 0.3) is 0 Å². The van der Waals surface area contributed by atoms with Crippen LogP contribution in [0.5, 0.6) is 5.75 Å². The van der Waals surface area contributed by atoms with Crippen molar-refractivity contribution in [2.24, 2.45) is 0 Å². The lowest BCUT2D eigenvalue weighted by atomic mass is 9.78. The molecule has 2 fully saturated rings. The number of carbonyl (C=O) groups is 1. The van der Waals surface area contributed by atoms with Crippen LogP contribution in [0, 0.1) is 0 Å². The lowest BCUT2D eigenvalue weighted by Gasteiger charge is -2.44. The Balaban J connectivity index is 1.12. The van der Waals surface area contributed by atoms with Gasteiger partial charge in [-0.05, 0) is 52.1 Å². The van der Waals surface area contributed by atoms with E-state index in [0.717, 1.165) is 34.9 Å². The molecule has 3 aliphatic rings. The van der Waals surface area contributed by atoms with Crippen molar-refractivity contribution >= 4 is 16.9 Å². The van der Waals surface area contributed by atoms with Crippen LogP contribution in [0.2, 0.25) is 0 Å². The van der Waals surface area contributed by atoms with Crippen LogP contribution in [-0.4, -0.2) is 41.9 Å². The molecule has 5 heteroatoms. The van der Waals surface area contributed by atoms with Gasteiger partial charge < -0.3 is 19.5 Å². The van der Waals surface area contributed by atoms with Gasteiger partial charge in [0.05, 0.1) is 12.7 Å². The minimum absolute atomic E-state index is 0.0383. The van der Waals surface area contributed by atoms with Gasteiger partial charge in [0, 0.05) is 36.2 Å². The number of nitrogens with zero attached hydrogens (tertiary/aromatic N) is 1. The molecule has 38 heavy (non-hydrogen) atoms. The molecular formula is C33H31NO4. The Labute approximate surface area is 222 Å². The average Bonchev–Trinajstić information content (AvgIpc) is 3.43. The fourth-order valence-corrected chi connectivity index (χ4v) is 7.27. The molecule has 4 aromatic rings. The number of ether oxygens (including phenoxy) is 2. The Hall–Kier alpha value is -3.83. The second-order valence-corrected chi connectivity index (χ2v) is 10.9. The molecule has 0 radical (unpaired) electrons. The van der Waals surface area contributed by atoms with E-state index in [1.807, 2.05) is 53.4 Å². The number of carbonyl (C=O) groups excluding carboxylic acids is 1. The standard InChI is InChI=1S/C33H31NO4/c1-37-31-17-16-30(27-12-6-7-13-28(27)31)33(36)18-21-14-15-22(19-33)34(21)32(35)38-20-29-25-10-4-2-8-23(25)24-9-3-5-11-26(24)29/h2-13,16-17,21-22,29,36H,14-15,18-20H2,1H3. The number of rotatable bonds is 4. The number of hydrogen-bond donors (Lipinski definition) is 1. The second kappa shape index (κ2) is 8.88. The fourth-order valence-electron chi connectivity index (χ4n) is 7.27. The highest BCUT2D eigenvalue weighted by atomic mass is 16.6. The third-order valence-electron chi connectivity index (χ3n) is 8.92. The van der Waals surface area contributed by atoms with Gasteiger partial charge in [-0.2, -0.15) is 0 Å².